The van der Waals surface area contributed by atoms with Crippen LogP contribution < -0.4 is 4.74 Å². The molecule has 1 aliphatic heterocycles. The van der Waals surface area contributed by atoms with Crippen LogP contribution in [0.15, 0.2) is 48.5 Å². The van der Waals surface area contributed by atoms with Crippen LogP contribution in [0.3, 0.4) is 0 Å². The fourth-order valence-electron chi connectivity index (χ4n) is 3.64. The van der Waals surface area contributed by atoms with E-state index in [2.05, 4.69) is 25.7 Å². The van der Waals surface area contributed by atoms with Crippen LogP contribution in [0, 0.1) is 5.82 Å². The third kappa shape index (κ3) is 5.10. The summed E-state index contributed by atoms with van der Waals surface area (Å²) in [6.45, 7) is 8.57. The van der Waals surface area contributed by atoms with E-state index in [-0.39, 0.29) is 30.4 Å². The molecule has 4 nitrogen and oxygen atoms in total. The third-order valence-electron chi connectivity index (χ3n) is 5.43. The van der Waals surface area contributed by atoms with Gasteiger partial charge in [-0.2, -0.15) is 0 Å². The van der Waals surface area contributed by atoms with Gasteiger partial charge in [0.1, 0.15) is 11.6 Å². The van der Waals surface area contributed by atoms with E-state index >= 15 is 0 Å². The van der Waals surface area contributed by atoms with Crippen LogP contribution in [-0.2, 0) is 17.8 Å². The van der Waals surface area contributed by atoms with Gasteiger partial charge >= 0.3 is 0 Å². The summed E-state index contributed by atoms with van der Waals surface area (Å²) in [5.41, 5.74) is 2.33. The molecular formula is C23H29FN2O2. The van der Waals surface area contributed by atoms with E-state index in [1.54, 1.807) is 0 Å². The molecule has 1 heterocycles. The lowest BCUT2D eigenvalue weighted by Gasteiger charge is -2.44. The van der Waals surface area contributed by atoms with Crippen molar-refractivity contribution in [3.63, 3.8) is 0 Å². The molecule has 0 saturated carbocycles. The van der Waals surface area contributed by atoms with E-state index < -0.39 is 0 Å². The molecule has 2 unspecified atom stereocenters. The molecule has 2 aromatic rings. The van der Waals surface area contributed by atoms with Gasteiger partial charge in [0, 0.05) is 31.7 Å². The quantitative estimate of drug-likeness (QED) is 0.758. The lowest BCUT2D eigenvalue weighted by Crippen LogP contribution is -2.58. The summed E-state index contributed by atoms with van der Waals surface area (Å²) in [4.78, 5) is 16.9. The van der Waals surface area contributed by atoms with Gasteiger partial charge in [0.2, 0.25) is 0 Å². The first-order valence-corrected chi connectivity index (χ1v) is 9.96. The standard InChI is InChI=1S/C23H29FN2O2/c1-4-19-7-11-22(12-8-19)28-16-23(27)26-14-17(2)25(13-18(26)3)15-20-5-9-21(24)10-6-20/h5-12,17-18H,4,13-16H2,1-3H3. The average molecular weight is 384 g/mol. The van der Waals surface area contributed by atoms with E-state index in [1.165, 1.54) is 17.7 Å². The summed E-state index contributed by atoms with van der Waals surface area (Å²) in [7, 11) is 0. The molecule has 150 valence electrons. The Morgan fingerprint density at radius 3 is 2.29 bits per heavy atom. The first-order valence-electron chi connectivity index (χ1n) is 9.96. The van der Waals surface area contributed by atoms with Crippen LogP contribution in [-0.4, -0.2) is 47.5 Å². The van der Waals surface area contributed by atoms with E-state index in [9.17, 15) is 9.18 Å². The molecule has 1 saturated heterocycles. The second kappa shape index (κ2) is 9.20. The van der Waals surface area contributed by atoms with Crippen molar-refractivity contribution >= 4 is 5.91 Å². The highest BCUT2D eigenvalue weighted by atomic mass is 19.1. The van der Waals surface area contributed by atoms with Gasteiger partial charge in [-0.15, -0.1) is 0 Å². The Hall–Kier alpha value is -2.40. The summed E-state index contributed by atoms with van der Waals surface area (Å²) in [6, 6.07) is 14.9. The maximum absolute atomic E-state index is 13.1. The van der Waals surface area contributed by atoms with Gasteiger partial charge in [-0.1, -0.05) is 31.2 Å². The van der Waals surface area contributed by atoms with Gasteiger partial charge in [-0.05, 0) is 55.7 Å². The number of carbonyl (C=O) groups is 1. The molecule has 0 bridgehead atoms. The normalized spacial score (nSPS) is 20.2. The number of piperazine rings is 1. The van der Waals surface area contributed by atoms with Crippen LogP contribution in [0.25, 0.3) is 0 Å². The molecule has 28 heavy (non-hydrogen) atoms. The Labute approximate surface area is 166 Å². The van der Waals surface area contributed by atoms with Crippen molar-refractivity contribution in [2.24, 2.45) is 0 Å². The molecular weight excluding hydrogens is 355 g/mol. The van der Waals surface area contributed by atoms with Crippen LogP contribution in [0.5, 0.6) is 5.75 Å². The second-order valence-electron chi connectivity index (χ2n) is 7.59. The third-order valence-corrected chi connectivity index (χ3v) is 5.43. The molecule has 2 atom stereocenters. The maximum Gasteiger partial charge on any atom is 0.260 e. The van der Waals surface area contributed by atoms with E-state index in [4.69, 9.17) is 4.74 Å². The van der Waals surface area contributed by atoms with Crippen molar-refractivity contribution < 1.29 is 13.9 Å². The topological polar surface area (TPSA) is 32.8 Å². The molecule has 5 heteroatoms. The highest BCUT2D eigenvalue weighted by Crippen LogP contribution is 2.19. The van der Waals surface area contributed by atoms with Gasteiger partial charge in [0.05, 0.1) is 0 Å². The predicted molar refractivity (Wildman–Crippen MR) is 109 cm³/mol. The van der Waals surface area contributed by atoms with Gasteiger partial charge in [0.25, 0.3) is 5.91 Å². The Kier molecular flexibility index (Phi) is 6.68. The Balaban J connectivity index is 1.53. The number of nitrogens with zero attached hydrogens (tertiary/aromatic N) is 2. The number of ether oxygens (including phenoxy) is 1. The van der Waals surface area contributed by atoms with Gasteiger partial charge < -0.3 is 9.64 Å². The number of halogens is 1. The van der Waals surface area contributed by atoms with E-state index in [0.717, 1.165) is 30.8 Å². The van der Waals surface area contributed by atoms with Gasteiger partial charge in [-0.25, -0.2) is 4.39 Å². The molecule has 0 spiro atoms. The number of amides is 1. The monoisotopic (exact) mass is 384 g/mol. The summed E-state index contributed by atoms with van der Waals surface area (Å²) in [5, 5.41) is 0. The Morgan fingerprint density at radius 1 is 1.00 bits per heavy atom. The van der Waals surface area contributed by atoms with Crippen LogP contribution in [0.1, 0.15) is 31.9 Å². The second-order valence-corrected chi connectivity index (χ2v) is 7.59. The van der Waals surface area contributed by atoms with Crippen molar-refractivity contribution in [2.45, 2.75) is 45.8 Å². The molecule has 2 aromatic carbocycles. The zero-order chi connectivity index (χ0) is 20.1. The van der Waals surface area contributed by atoms with E-state index in [0.29, 0.717) is 6.54 Å². The number of hydrogen-bond donors (Lipinski definition) is 0. The van der Waals surface area contributed by atoms with Gasteiger partial charge in [0.15, 0.2) is 6.61 Å². The van der Waals surface area contributed by atoms with Crippen LogP contribution in [0.4, 0.5) is 4.39 Å². The highest BCUT2D eigenvalue weighted by Gasteiger charge is 2.32. The van der Waals surface area contributed by atoms with Crippen molar-refractivity contribution in [2.75, 3.05) is 19.7 Å². The summed E-state index contributed by atoms with van der Waals surface area (Å²) >= 11 is 0. The van der Waals surface area contributed by atoms with Crippen LogP contribution in [0.2, 0.25) is 0 Å². The number of carbonyl (C=O) groups excluding carboxylic acids is 1. The molecule has 0 N–H and O–H groups in total. The number of rotatable bonds is 6. The zero-order valence-electron chi connectivity index (χ0n) is 16.9. The highest BCUT2D eigenvalue weighted by molar-refractivity contribution is 5.78. The van der Waals surface area contributed by atoms with Crippen molar-refractivity contribution in [3.05, 3.63) is 65.5 Å². The summed E-state index contributed by atoms with van der Waals surface area (Å²) in [5.74, 6) is 0.520. The first-order chi connectivity index (χ1) is 13.5. The molecule has 0 aromatic heterocycles. The Morgan fingerprint density at radius 2 is 1.64 bits per heavy atom. The fourth-order valence-corrected chi connectivity index (χ4v) is 3.64. The molecule has 1 fully saturated rings. The van der Waals surface area contributed by atoms with E-state index in [1.807, 2.05) is 41.3 Å². The number of hydrogen-bond acceptors (Lipinski definition) is 3. The molecule has 1 aliphatic rings. The van der Waals surface area contributed by atoms with Crippen LogP contribution >= 0.6 is 0 Å². The summed E-state index contributed by atoms with van der Waals surface area (Å²) in [6.07, 6.45) is 0.983. The van der Waals surface area contributed by atoms with Crippen molar-refractivity contribution in [1.29, 1.82) is 0 Å². The smallest absolute Gasteiger partial charge is 0.260 e. The fraction of sp³-hybridized carbons (Fsp3) is 0.435. The van der Waals surface area contributed by atoms with Gasteiger partial charge in [-0.3, -0.25) is 9.69 Å². The zero-order valence-corrected chi connectivity index (χ0v) is 16.9. The minimum atomic E-state index is -0.218. The maximum atomic E-state index is 13.1. The predicted octanol–water partition coefficient (Wildman–Crippen LogP) is 3.89. The minimum Gasteiger partial charge on any atom is -0.484 e. The Bertz CT molecular complexity index is 776. The minimum absolute atomic E-state index is 0.0142. The van der Waals surface area contributed by atoms with Crippen molar-refractivity contribution in [3.8, 4) is 5.75 Å². The van der Waals surface area contributed by atoms with Crippen molar-refractivity contribution in [1.82, 2.24) is 9.80 Å². The molecule has 0 aliphatic carbocycles. The number of aryl methyl sites for hydroxylation is 1. The summed E-state index contributed by atoms with van der Waals surface area (Å²) < 4.78 is 18.8. The molecule has 0 radical (unpaired) electrons. The average Bonchev–Trinajstić information content (AvgIpc) is 2.70. The lowest BCUT2D eigenvalue weighted by atomic mass is 10.1. The molecule has 3 rings (SSSR count). The lowest BCUT2D eigenvalue weighted by molar-refractivity contribution is -0.139. The number of benzene rings is 2. The molecule has 1 amide bonds. The first kappa shape index (κ1) is 20.3. The SMILES string of the molecule is CCc1ccc(OCC(=O)N2CC(C)N(Cc3ccc(F)cc3)CC2C)cc1. The largest absolute Gasteiger partial charge is 0.484 e.